The van der Waals surface area contributed by atoms with Crippen LogP contribution < -0.4 is 0 Å². The van der Waals surface area contributed by atoms with Crippen LogP contribution in [0.4, 0.5) is 0 Å². The first-order chi connectivity index (χ1) is 24.3. The van der Waals surface area contributed by atoms with Crippen molar-refractivity contribution in [3.8, 4) is 0 Å². The molecule has 0 aliphatic carbocycles. The summed E-state index contributed by atoms with van der Waals surface area (Å²) in [6, 6.07) is 0. The van der Waals surface area contributed by atoms with E-state index >= 15 is 0 Å². The van der Waals surface area contributed by atoms with Gasteiger partial charge in [0.15, 0.2) is 0 Å². The minimum atomic E-state index is 0.637. The number of nitrogens with zero attached hydrogens (tertiary/aromatic N) is 2. The van der Waals surface area contributed by atoms with E-state index in [1.165, 1.54) is 264 Å². The molecular formula is C47H94N2. The topological polar surface area (TPSA) is 6.48 Å². The van der Waals surface area contributed by atoms with Gasteiger partial charge in [0.05, 0.1) is 0 Å². The van der Waals surface area contributed by atoms with Crippen LogP contribution in [0.2, 0.25) is 0 Å². The normalized spacial score (nSPS) is 14.6. The van der Waals surface area contributed by atoms with Crippen molar-refractivity contribution in [2.75, 3.05) is 13.1 Å². The summed E-state index contributed by atoms with van der Waals surface area (Å²) in [6.45, 7) is 9.49. The van der Waals surface area contributed by atoms with E-state index in [0.717, 1.165) is 0 Å². The first kappa shape index (κ1) is 46.4. The number of hydrogen-bond acceptors (Lipinski definition) is 2. The maximum atomic E-state index is 2.73. The van der Waals surface area contributed by atoms with E-state index in [0.29, 0.717) is 6.17 Å². The van der Waals surface area contributed by atoms with Gasteiger partial charge in [-0.1, -0.05) is 245 Å². The number of hydrogen-bond donors (Lipinski definition) is 0. The molecule has 0 aromatic rings. The Morgan fingerprint density at radius 3 is 0.714 bits per heavy atom. The fraction of sp³-hybridized carbons (Fsp3) is 0.957. The molecule has 2 heteroatoms. The Morgan fingerprint density at radius 2 is 0.469 bits per heavy atom. The summed E-state index contributed by atoms with van der Waals surface area (Å²) in [7, 11) is 0. The lowest BCUT2D eigenvalue weighted by Gasteiger charge is -2.33. The highest BCUT2D eigenvalue weighted by atomic mass is 15.4. The summed E-state index contributed by atoms with van der Waals surface area (Å²) in [6.07, 6.45) is 61.9. The van der Waals surface area contributed by atoms with Gasteiger partial charge in [-0.3, -0.25) is 0 Å². The monoisotopic (exact) mass is 687 g/mol. The Kier molecular flexibility index (Phi) is 36.5. The van der Waals surface area contributed by atoms with Crippen LogP contribution in [0.25, 0.3) is 0 Å². The van der Waals surface area contributed by atoms with E-state index < -0.39 is 0 Å². The quantitative estimate of drug-likeness (QED) is 0.0591. The van der Waals surface area contributed by atoms with Gasteiger partial charge in [0.2, 0.25) is 0 Å². The second kappa shape index (κ2) is 38.6. The number of unbranched alkanes of at least 4 members (excludes halogenated alkanes) is 35. The molecule has 0 amide bonds. The van der Waals surface area contributed by atoms with Gasteiger partial charge >= 0.3 is 0 Å². The third-order valence-electron chi connectivity index (χ3n) is 11.6. The molecule has 0 bridgehead atoms. The summed E-state index contributed by atoms with van der Waals surface area (Å²) in [5, 5.41) is 0. The second-order valence-corrected chi connectivity index (χ2v) is 16.4. The van der Waals surface area contributed by atoms with Crippen molar-refractivity contribution in [2.24, 2.45) is 0 Å². The van der Waals surface area contributed by atoms with Crippen LogP contribution in [0.15, 0.2) is 12.4 Å². The van der Waals surface area contributed by atoms with Gasteiger partial charge in [0, 0.05) is 25.5 Å². The molecule has 0 aromatic heterocycles. The molecular weight excluding hydrogens is 593 g/mol. The fourth-order valence-corrected chi connectivity index (χ4v) is 8.13. The molecule has 1 unspecified atom stereocenters. The smallest absolute Gasteiger partial charge is 0.101 e. The Balaban J connectivity index is 2.15. The highest BCUT2D eigenvalue weighted by molar-refractivity contribution is 4.97. The zero-order chi connectivity index (χ0) is 35.1. The predicted octanol–water partition coefficient (Wildman–Crippen LogP) is 16.7. The molecule has 0 aromatic carbocycles. The van der Waals surface area contributed by atoms with Gasteiger partial charge in [-0.2, -0.15) is 0 Å². The molecule has 0 radical (unpaired) electrons. The van der Waals surface area contributed by atoms with Crippen molar-refractivity contribution in [2.45, 2.75) is 277 Å². The van der Waals surface area contributed by atoms with Crippen LogP contribution in [0.1, 0.15) is 271 Å². The standard InChI is InChI=1S/C47H94N2/c1-4-7-10-13-16-19-21-23-25-26-28-30-32-35-38-41-44-49-46-45-48(47(49)42-39-36-33-18-15-12-9-6-3)43-40-37-34-31-29-27-24-22-20-17-14-11-8-5-2/h45-47H,4-44H2,1-3H3. The van der Waals surface area contributed by atoms with Crippen molar-refractivity contribution >= 4 is 0 Å². The molecule has 1 heterocycles. The highest BCUT2D eigenvalue weighted by Gasteiger charge is 2.24. The molecule has 0 spiro atoms. The first-order valence-electron chi connectivity index (χ1n) is 23.5. The van der Waals surface area contributed by atoms with Gasteiger partial charge in [-0.25, -0.2) is 0 Å². The van der Waals surface area contributed by atoms with E-state index in [1.54, 1.807) is 0 Å². The van der Waals surface area contributed by atoms with E-state index in [9.17, 15) is 0 Å². The molecule has 292 valence electrons. The van der Waals surface area contributed by atoms with Crippen LogP contribution in [0.3, 0.4) is 0 Å². The first-order valence-corrected chi connectivity index (χ1v) is 23.5. The van der Waals surface area contributed by atoms with E-state index in [1.807, 2.05) is 0 Å². The molecule has 49 heavy (non-hydrogen) atoms. The Labute approximate surface area is 311 Å². The molecule has 2 nitrogen and oxygen atoms in total. The van der Waals surface area contributed by atoms with Crippen molar-refractivity contribution in [1.82, 2.24) is 9.80 Å². The van der Waals surface area contributed by atoms with E-state index in [4.69, 9.17) is 0 Å². The van der Waals surface area contributed by atoms with Crippen LogP contribution in [0.5, 0.6) is 0 Å². The largest absolute Gasteiger partial charge is 0.356 e. The molecule has 0 saturated heterocycles. The number of rotatable bonds is 41. The summed E-state index contributed by atoms with van der Waals surface area (Å²) < 4.78 is 0. The van der Waals surface area contributed by atoms with Crippen molar-refractivity contribution in [1.29, 1.82) is 0 Å². The zero-order valence-corrected chi connectivity index (χ0v) is 34.6. The molecule has 0 saturated carbocycles. The van der Waals surface area contributed by atoms with Gasteiger partial charge in [-0.05, 0) is 25.7 Å². The third-order valence-corrected chi connectivity index (χ3v) is 11.6. The minimum absolute atomic E-state index is 0.637. The van der Waals surface area contributed by atoms with Gasteiger partial charge in [-0.15, -0.1) is 0 Å². The van der Waals surface area contributed by atoms with Crippen LogP contribution >= 0.6 is 0 Å². The minimum Gasteiger partial charge on any atom is -0.356 e. The summed E-state index contributed by atoms with van der Waals surface area (Å²) in [5.41, 5.74) is 0. The summed E-state index contributed by atoms with van der Waals surface area (Å²) in [5.74, 6) is 0. The average molecular weight is 687 g/mol. The van der Waals surface area contributed by atoms with Gasteiger partial charge < -0.3 is 9.80 Å². The highest BCUT2D eigenvalue weighted by Crippen LogP contribution is 2.24. The molecule has 1 atom stereocenters. The maximum Gasteiger partial charge on any atom is 0.101 e. The molecule has 0 N–H and O–H groups in total. The zero-order valence-electron chi connectivity index (χ0n) is 34.6. The van der Waals surface area contributed by atoms with Crippen molar-refractivity contribution in [3.05, 3.63) is 12.4 Å². The van der Waals surface area contributed by atoms with E-state index in [2.05, 4.69) is 43.0 Å². The fourth-order valence-electron chi connectivity index (χ4n) is 8.13. The Bertz CT molecular complexity index is 644. The van der Waals surface area contributed by atoms with Gasteiger partial charge in [0.25, 0.3) is 0 Å². The Morgan fingerprint density at radius 1 is 0.265 bits per heavy atom. The third kappa shape index (κ3) is 30.7. The molecule has 1 aliphatic heterocycles. The molecule has 1 aliphatic rings. The molecule has 0 fully saturated rings. The molecule has 1 rings (SSSR count). The van der Waals surface area contributed by atoms with Crippen LogP contribution in [-0.2, 0) is 0 Å². The maximum absolute atomic E-state index is 2.73. The lowest BCUT2D eigenvalue weighted by molar-refractivity contribution is 0.135. The predicted molar refractivity (Wildman–Crippen MR) is 223 cm³/mol. The summed E-state index contributed by atoms with van der Waals surface area (Å²) in [4.78, 5) is 5.46. The van der Waals surface area contributed by atoms with Crippen LogP contribution in [0, 0.1) is 0 Å². The van der Waals surface area contributed by atoms with Gasteiger partial charge in [0.1, 0.15) is 6.17 Å². The second-order valence-electron chi connectivity index (χ2n) is 16.4. The summed E-state index contributed by atoms with van der Waals surface area (Å²) >= 11 is 0. The lowest BCUT2D eigenvalue weighted by Crippen LogP contribution is -2.39. The van der Waals surface area contributed by atoms with Crippen LogP contribution in [-0.4, -0.2) is 29.1 Å². The van der Waals surface area contributed by atoms with Crippen molar-refractivity contribution in [3.63, 3.8) is 0 Å². The SMILES string of the molecule is CCCCCCCCCCCCCCCCCCN1C=CN(CCCCCCCCCCCCCCCC)C1CCCCCCCCCC. The van der Waals surface area contributed by atoms with Crippen molar-refractivity contribution < 1.29 is 0 Å². The van der Waals surface area contributed by atoms with E-state index in [-0.39, 0.29) is 0 Å². The Hall–Kier alpha value is -0.660. The average Bonchev–Trinajstić information content (AvgIpc) is 3.50. The lowest BCUT2D eigenvalue weighted by atomic mass is 10.0.